The lowest BCUT2D eigenvalue weighted by molar-refractivity contribution is -0.130. The molecule has 2 aliphatic heterocycles. The summed E-state index contributed by atoms with van der Waals surface area (Å²) in [4.78, 5) is 19.8. The number of aromatic nitrogens is 1. The smallest absolute Gasteiger partial charge is 0.262 e. The summed E-state index contributed by atoms with van der Waals surface area (Å²) in [6.07, 6.45) is 6.22. The third kappa shape index (κ3) is 3.76. The normalized spacial score (nSPS) is 19.6. The highest BCUT2D eigenvalue weighted by molar-refractivity contribution is 5.84. The van der Waals surface area contributed by atoms with Crippen molar-refractivity contribution in [2.24, 2.45) is 0 Å². The molecule has 29 heavy (non-hydrogen) atoms. The lowest BCUT2D eigenvalue weighted by Gasteiger charge is -2.42. The number of carbonyl (C=O) groups excluding carboxylic acids is 1. The van der Waals surface area contributed by atoms with E-state index in [1.165, 1.54) is 0 Å². The molecule has 2 aliphatic rings. The average Bonchev–Trinajstić information content (AvgIpc) is 3.06. The highest BCUT2D eigenvalue weighted by atomic mass is 16.5. The maximum atomic E-state index is 13.1. The minimum absolute atomic E-state index is 0.00725. The molecule has 6 heteroatoms. The summed E-state index contributed by atoms with van der Waals surface area (Å²) in [5, 5.41) is 3.11. The van der Waals surface area contributed by atoms with Gasteiger partial charge in [0.15, 0.2) is 6.10 Å². The molecule has 1 unspecified atom stereocenters. The van der Waals surface area contributed by atoms with Crippen molar-refractivity contribution in [1.82, 2.24) is 10.3 Å². The molecule has 6 nitrogen and oxygen atoms in total. The number of piperidine rings is 1. The predicted octanol–water partition coefficient (Wildman–Crippen LogP) is 3.27. The second-order valence-corrected chi connectivity index (χ2v) is 8.08. The molecule has 2 aromatic rings. The Morgan fingerprint density at radius 3 is 2.83 bits per heavy atom. The Hall–Kier alpha value is -2.76. The first-order valence-corrected chi connectivity index (χ1v) is 10.6. The van der Waals surface area contributed by atoms with Crippen LogP contribution in [0.1, 0.15) is 44.6 Å². The minimum atomic E-state index is -0.475. The third-order valence-corrected chi connectivity index (χ3v) is 6.24. The predicted molar refractivity (Wildman–Crippen MR) is 115 cm³/mol. The van der Waals surface area contributed by atoms with Crippen LogP contribution in [-0.2, 0) is 10.2 Å². The van der Waals surface area contributed by atoms with Crippen molar-refractivity contribution < 1.29 is 9.53 Å². The number of fused-ring (bicyclic) bond motifs is 2. The van der Waals surface area contributed by atoms with Gasteiger partial charge >= 0.3 is 0 Å². The number of nitrogens with zero attached hydrogens (tertiary/aromatic N) is 2. The fraction of sp³-hybridized carbons (Fsp3) is 0.478. The fourth-order valence-electron chi connectivity index (χ4n) is 4.62. The van der Waals surface area contributed by atoms with Gasteiger partial charge in [0.2, 0.25) is 0 Å². The monoisotopic (exact) mass is 394 g/mol. The van der Waals surface area contributed by atoms with Crippen LogP contribution in [0.2, 0.25) is 0 Å². The summed E-state index contributed by atoms with van der Waals surface area (Å²) < 4.78 is 6.21. The summed E-state index contributed by atoms with van der Waals surface area (Å²) >= 11 is 0. The standard InChI is InChI=1S/C23H30N4O2/c1-2-3-6-12-26-22(28)21-23(18-7-4-5-8-19(18)29-21)10-14-27(15-11-23)20-16-17(24)9-13-25-20/h4-5,7-9,13,16,21H,2-3,6,10-12,14-15H2,1H3,(H2,24,25)(H,26,28). The maximum absolute atomic E-state index is 13.1. The van der Waals surface area contributed by atoms with E-state index in [9.17, 15) is 4.79 Å². The van der Waals surface area contributed by atoms with Crippen LogP contribution in [0, 0.1) is 0 Å². The fourth-order valence-corrected chi connectivity index (χ4v) is 4.62. The molecule has 3 heterocycles. The molecule has 0 aliphatic carbocycles. The van der Waals surface area contributed by atoms with E-state index >= 15 is 0 Å². The van der Waals surface area contributed by atoms with E-state index in [0.29, 0.717) is 12.2 Å². The average molecular weight is 395 g/mol. The SMILES string of the molecule is CCCCCNC(=O)C1Oc2ccccc2C12CCN(c1cc(N)ccn1)CC2. The van der Waals surface area contributed by atoms with Gasteiger partial charge in [-0.2, -0.15) is 0 Å². The van der Waals surface area contributed by atoms with Crippen LogP contribution >= 0.6 is 0 Å². The van der Waals surface area contributed by atoms with Crippen LogP contribution in [-0.4, -0.2) is 36.6 Å². The molecule has 1 fully saturated rings. The first kappa shape index (κ1) is 19.6. The van der Waals surface area contributed by atoms with Gasteiger partial charge in [-0.05, 0) is 31.4 Å². The van der Waals surface area contributed by atoms with Crippen LogP contribution in [0.25, 0.3) is 0 Å². The van der Waals surface area contributed by atoms with Crippen LogP contribution in [0.5, 0.6) is 5.75 Å². The number of carbonyl (C=O) groups is 1. The Morgan fingerprint density at radius 2 is 2.07 bits per heavy atom. The molecule has 1 aromatic heterocycles. The van der Waals surface area contributed by atoms with Crippen LogP contribution < -0.4 is 20.7 Å². The van der Waals surface area contributed by atoms with Gasteiger partial charge in [-0.15, -0.1) is 0 Å². The second kappa shape index (κ2) is 8.31. The third-order valence-electron chi connectivity index (χ3n) is 6.24. The molecule has 1 aromatic carbocycles. The number of nitrogens with one attached hydrogen (secondary N) is 1. The van der Waals surface area contributed by atoms with E-state index in [1.807, 2.05) is 24.3 Å². The molecule has 0 bridgehead atoms. The van der Waals surface area contributed by atoms with Crippen LogP contribution in [0.15, 0.2) is 42.6 Å². The zero-order valence-electron chi connectivity index (χ0n) is 17.1. The van der Waals surface area contributed by atoms with Crippen molar-refractivity contribution >= 4 is 17.4 Å². The van der Waals surface area contributed by atoms with Gasteiger partial charge < -0.3 is 20.7 Å². The van der Waals surface area contributed by atoms with E-state index in [1.54, 1.807) is 12.3 Å². The summed E-state index contributed by atoms with van der Waals surface area (Å²) in [6, 6.07) is 11.8. The van der Waals surface area contributed by atoms with E-state index in [2.05, 4.69) is 28.2 Å². The quantitative estimate of drug-likeness (QED) is 0.735. The van der Waals surface area contributed by atoms with Crippen molar-refractivity contribution in [3.05, 3.63) is 48.2 Å². The zero-order chi connectivity index (χ0) is 20.3. The number of benzene rings is 1. The number of nitrogen functional groups attached to an aromatic ring is 1. The summed E-state index contributed by atoms with van der Waals surface area (Å²) in [5.74, 6) is 1.75. The van der Waals surface area contributed by atoms with E-state index in [-0.39, 0.29) is 11.3 Å². The largest absolute Gasteiger partial charge is 0.479 e. The number of ether oxygens (including phenoxy) is 1. The maximum Gasteiger partial charge on any atom is 0.262 e. The number of pyridine rings is 1. The second-order valence-electron chi connectivity index (χ2n) is 8.08. The molecule has 3 N–H and O–H groups in total. The first-order chi connectivity index (χ1) is 14.1. The number of amides is 1. The van der Waals surface area contributed by atoms with Gasteiger partial charge in [0, 0.05) is 48.6 Å². The van der Waals surface area contributed by atoms with Gasteiger partial charge in [0.05, 0.1) is 0 Å². The number of unbranched alkanes of at least 4 members (excludes halogenated alkanes) is 2. The number of hydrogen-bond donors (Lipinski definition) is 2. The highest BCUT2D eigenvalue weighted by Gasteiger charge is 2.53. The van der Waals surface area contributed by atoms with E-state index in [0.717, 1.165) is 62.3 Å². The number of anilines is 2. The van der Waals surface area contributed by atoms with E-state index < -0.39 is 6.10 Å². The Balaban J connectivity index is 1.53. The van der Waals surface area contributed by atoms with Crippen molar-refractivity contribution in [1.29, 1.82) is 0 Å². The number of para-hydroxylation sites is 1. The number of nitrogens with two attached hydrogens (primary N) is 1. The van der Waals surface area contributed by atoms with Crippen molar-refractivity contribution in [3.8, 4) is 5.75 Å². The lowest BCUT2D eigenvalue weighted by atomic mass is 9.69. The molecule has 1 atom stereocenters. The minimum Gasteiger partial charge on any atom is -0.479 e. The molecular formula is C23H30N4O2. The molecule has 4 rings (SSSR count). The van der Waals surface area contributed by atoms with E-state index in [4.69, 9.17) is 10.5 Å². The summed E-state index contributed by atoms with van der Waals surface area (Å²) in [7, 11) is 0. The zero-order valence-corrected chi connectivity index (χ0v) is 17.1. The number of hydrogen-bond acceptors (Lipinski definition) is 5. The highest BCUT2D eigenvalue weighted by Crippen LogP contribution is 2.49. The van der Waals surface area contributed by atoms with Gasteiger partial charge in [-0.25, -0.2) is 4.98 Å². The molecular weight excluding hydrogens is 364 g/mol. The Morgan fingerprint density at radius 1 is 1.28 bits per heavy atom. The van der Waals surface area contributed by atoms with Gasteiger partial charge in [0.1, 0.15) is 11.6 Å². The van der Waals surface area contributed by atoms with Gasteiger partial charge in [-0.3, -0.25) is 4.79 Å². The Bertz CT molecular complexity index is 861. The molecule has 154 valence electrons. The molecule has 1 saturated heterocycles. The molecule has 1 spiro atoms. The Kier molecular flexibility index (Phi) is 5.60. The van der Waals surface area contributed by atoms with Gasteiger partial charge in [-0.1, -0.05) is 38.0 Å². The van der Waals surface area contributed by atoms with Crippen molar-refractivity contribution in [2.45, 2.75) is 50.5 Å². The topological polar surface area (TPSA) is 80.5 Å². The summed E-state index contributed by atoms with van der Waals surface area (Å²) in [6.45, 7) is 4.50. The van der Waals surface area contributed by atoms with Crippen molar-refractivity contribution in [2.75, 3.05) is 30.3 Å². The lowest BCUT2D eigenvalue weighted by Crippen LogP contribution is -2.54. The Labute approximate surface area is 172 Å². The number of rotatable bonds is 6. The van der Waals surface area contributed by atoms with Gasteiger partial charge in [0.25, 0.3) is 5.91 Å². The van der Waals surface area contributed by atoms with Crippen LogP contribution in [0.3, 0.4) is 0 Å². The first-order valence-electron chi connectivity index (χ1n) is 10.6. The molecule has 0 saturated carbocycles. The molecule has 0 radical (unpaired) electrons. The van der Waals surface area contributed by atoms with Crippen LogP contribution in [0.4, 0.5) is 11.5 Å². The summed E-state index contributed by atoms with van der Waals surface area (Å²) in [5.41, 5.74) is 7.52. The molecule has 1 amide bonds. The van der Waals surface area contributed by atoms with Crippen molar-refractivity contribution in [3.63, 3.8) is 0 Å².